The molecule has 4 aromatic rings. The Hall–Kier alpha value is -4.20. The largest absolute Gasteiger partial charge is 0.480 e. The zero-order valence-corrected chi connectivity index (χ0v) is 18.0. The third-order valence-corrected chi connectivity index (χ3v) is 6.21. The van der Waals surface area contributed by atoms with Crippen LogP contribution in [0.15, 0.2) is 54.7 Å². The number of fused-ring (bicyclic) bond motifs is 3. The molecule has 8 heteroatoms. The van der Waals surface area contributed by atoms with Crippen LogP contribution >= 0.6 is 0 Å². The number of benzene rings is 1. The number of aryl methyl sites for hydroxylation is 1. The maximum Gasteiger partial charge on any atom is 0.266 e. The van der Waals surface area contributed by atoms with Crippen LogP contribution in [0.5, 0.6) is 5.75 Å². The fourth-order valence-corrected chi connectivity index (χ4v) is 4.48. The van der Waals surface area contributed by atoms with Crippen LogP contribution in [0.4, 0.5) is 5.82 Å². The lowest BCUT2D eigenvalue weighted by atomic mass is 9.96. The summed E-state index contributed by atoms with van der Waals surface area (Å²) in [4.78, 5) is 36.2. The molecular formula is C25H21N5O3. The van der Waals surface area contributed by atoms with Gasteiger partial charge in [0.05, 0.1) is 23.6 Å². The first-order valence-electron chi connectivity index (χ1n) is 10.9. The van der Waals surface area contributed by atoms with Crippen LogP contribution < -0.4 is 15.0 Å². The predicted molar refractivity (Wildman–Crippen MR) is 122 cm³/mol. The second-order valence-electron chi connectivity index (χ2n) is 8.24. The lowest BCUT2D eigenvalue weighted by Gasteiger charge is -2.28. The van der Waals surface area contributed by atoms with Crippen molar-refractivity contribution < 1.29 is 14.3 Å². The van der Waals surface area contributed by atoms with E-state index in [1.165, 1.54) is 0 Å². The van der Waals surface area contributed by atoms with Gasteiger partial charge in [-0.15, -0.1) is 0 Å². The number of ether oxygens (including phenoxy) is 1. The first kappa shape index (κ1) is 19.5. The van der Waals surface area contributed by atoms with Crippen LogP contribution in [0.25, 0.3) is 16.9 Å². The molecule has 33 heavy (non-hydrogen) atoms. The Morgan fingerprint density at radius 2 is 2.00 bits per heavy atom. The molecule has 0 aliphatic carbocycles. The molecule has 0 bridgehead atoms. The molecule has 2 amide bonds. The Morgan fingerprint density at radius 3 is 2.91 bits per heavy atom. The van der Waals surface area contributed by atoms with E-state index in [2.05, 4.69) is 10.3 Å². The molecule has 164 valence electrons. The van der Waals surface area contributed by atoms with Crippen molar-refractivity contribution in [1.82, 2.24) is 19.7 Å². The molecule has 0 radical (unpaired) electrons. The zero-order valence-electron chi connectivity index (χ0n) is 18.0. The van der Waals surface area contributed by atoms with Gasteiger partial charge in [0.2, 0.25) is 0 Å². The van der Waals surface area contributed by atoms with E-state index >= 15 is 0 Å². The van der Waals surface area contributed by atoms with Gasteiger partial charge in [-0.05, 0) is 49.2 Å². The molecule has 0 spiro atoms. The summed E-state index contributed by atoms with van der Waals surface area (Å²) < 4.78 is 7.65. The first-order valence-corrected chi connectivity index (χ1v) is 10.9. The van der Waals surface area contributed by atoms with Crippen LogP contribution in [-0.4, -0.2) is 39.3 Å². The van der Waals surface area contributed by atoms with Crippen molar-refractivity contribution in [3.8, 4) is 17.0 Å². The van der Waals surface area contributed by atoms with E-state index in [0.717, 1.165) is 34.6 Å². The molecule has 0 unspecified atom stereocenters. The number of imidazole rings is 1. The standard InChI is InChI=1S/C25H21N5O3/c1-15-20(29-11-3-2-4-22(29)27-15)13-30-23(31)14-33-21-8-7-19(28-24(21)30)17-6-5-16-9-10-26-25(32)18(16)12-17/h2-8,11-12H,9-10,13-14H2,1H3,(H,26,32). The fraction of sp³-hybridized carbons (Fsp3) is 0.200. The van der Waals surface area contributed by atoms with Gasteiger partial charge in [-0.25, -0.2) is 9.97 Å². The fourth-order valence-electron chi connectivity index (χ4n) is 4.48. The molecule has 5 heterocycles. The summed E-state index contributed by atoms with van der Waals surface area (Å²) in [5, 5.41) is 2.88. The number of nitrogens with zero attached hydrogens (tertiary/aromatic N) is 4. The molecule has 2 aliphatic heterocycles. The number of hydrogen-bond donors (Lipinski definition) is 1. The normalized spacial score (nSPS) is 15.1. The quantitative estimate of drug-likeness (QED) is 0.530. The Morgan fingerprint density at radius 1 is 1.09 bits per heavy atom. The highest BCUT2D eigenvalue weighted by molar-refractivity contribution is 5.98. The average molecular weight is 439 g/mol. The molecule has 0 saturated carbocycles. The number of anilines is 1. The zero-order chi connectivity index (χ0) is 22.5. The maximum absolute atomic E-state index is 12.9. The third-order valence-electron chi connectivity index (χ3n) is 6.21. The van der Waals surface area contributed by atoms with Crippen LogP contribution in [0, 0.1) is 6.92 Å². The van der Waals surface area contributed by atoms with Crippen molar-refractivity contribution in [3.05, 3.63) is 77.2 Å². The van der Waals surface area contributed by atoms with Gasteiger partial charge in [-0.1, -0.05) is 18.2 Å². The number of pyridine rings is 2. The minimum Gasteiger partial charge on any atom is -0.480 e. The van der Waals surface area contributed by atoms with Gasteiger partial charge in [0.25, 0.3) is 11.8 Å². The minimum atomic E-state index is -0.165. The lowest BCUT2D eigenvalue weighted by molar-refractivity contribution is -0.121. The Balaban J connectivity index is 1.41. The van der Waals surface area contributed by atoms with Crippen molar-refractivity contribution in [2.75, 3.05) is 18.1 Å². The number of hydrogen-bond acceptors (Lipinski definition) is 5. The SMILES string of the molecule is Cc1nc2ccccn2c1CN1C(=O)COc2ccc(-c3ccc4c(c3)C(=O)NCC4)nc21. The van der Waals surface area contributed by atoms with Gasteiger partial charge >= 0.3 is 0 Å². The molecular weight excluding hydrogens is 418 g/mol. The molecule has 1 N–H and O–H groups in total. The van der Waals surface area contributed by atoms with Crippen molar-refractivity contribution >= 4 is 23.3 Å². The molecule has 0 saturated heterocycles. The van der Waals surface area contributed by atoms with Gasteiger partial charge in [-0.3, -0.25) is 14.5 Å². The number of carbonyl (C=O) groups excluding carboxylic acids is 2. The average Bonchev–Trinajstić information content (AvgIpc) is 3.15. The monoisotopic (exact) mass is 439 g/mol. The van der Waals surface area contributed by atoms with Gasteiger partial charge in [-0.2, -0.15) is 0 Å². The summed E-state index contributed by atoms with van der Waals surface area (Å²) in [5.74, 6) is 0.790. The molecule has 3 aromatic heterocycles. The summed E-state index contributed by atoms with van der Waals surface area (Å²) >= 11 is 0. The van der Waals surface area contributed by atoms with E-state index in [0.29, 0.717) is 35.9 Å². The molecule has 6 rings (SSSR count). The van der Waals surface area contributed by atoms with Gasteiger partial charge in [0.1, 0.15) is 5.65 Å². The number of amides is 2. The molecule has 0 atom stereocenters. The predicted octanol–water partition coefficient (Wildman–Crippen LogP) is 2.92. The van der Waals surface area contributed by atoms with Crippen molar-refractivity contribution in [3.63, 3.8) is 0 Å². The highest BCUT2D eigenvalue weighted by atomic mass is 16.5. The van der Waals surface area contributed by atoms with E-state index in [4.69, 9.17) is 9.72 Å². The van der Waals surface area contributed by atoms with Crippen molar-refractivity contribution in [2.24, 2.45) is 0 Å². The second-order valence-corrected chi connectivity index (χ2v) is 8.24. The van der Waals surface area contributed by atoms with Crippen molar-refractivity contribution in [1.29, 1.82) is 0 Å². The van der Waals surface area contributed by atoms with E-state index in [1.54, 1.807) is 4.90 Å². The highest BCUT2D eigenvalue weighted by Crippen LogP contribution is 2.35. The van der Waals surface area contributed by atoms with Crippen LogP contribution in [0.2, 0.25) is 0 Å². The summed E-state index contributed by atoms with van der Waals surface area (Å²) in [6, 6.07) is 15.3. The maximum atomic E-state index is 12.9. The van der Waals surface area contributed by atoms with Crippen molar-refractivity contribution in [2.45, 2.75) is 19.9 Å². The van der Waals surface area contributed by atoms with E-state index in [1.807, 2.05) is 66.1 Å². The number of carbonyl (C=O) groups is 2. The van der Waals surface area contributed by atoms with Crippen LogP contribution in [0.1, 0.15) is 27.3 Å². The smallest absolute Gasteiger partial charge is 0.266 e. The molecule has 2 aliphatic rings. The Kier molecular flexibility index (Phi) is 4.39. The molecule has 8 nitrogen and oxygen atoms in total. The van der Waals surface area contributed by atoms with E-state index in [-0.39, 0.29) is 18.4 Å². The minimum absolute atomic E-state index is 0.0389. The number of rotatable bonds is 3. The summed E-state index contributed by atoms with van der Waals surface area (Å²) in [5.41, 5.74) is 5.81. The summed E-state index contributed by atoms with van der Waals surface area (Å²) in [6.45, 7) is 2.88. The number of aromatic nitrogens is 3. The topological polar surface area (TPSA) is 88.8 Å². The van der Waals surface area contributed by atoms with Crippen LogP contribution in [-0.2, 0) is 17.8 Å². The van der Waals surface area contributed by atoms with Gasteiger partial charge in [0, 0.05) is 23.9 Å². The second kappa shape index (κ2) is 7.44. The van der Waals surface area contributed by atoms with E-state index in [9.17, 15) is 9.59 Å². The van der Waals surface area contributed by atoms with Gasteiger partial charge in [0.15, 0.2) is 18.2 Å². The number of nitrogens with one attached hydrogen (secondary N) is 1. The third kappa shape index (κ3) is 3.22. The summed E-state index contributed by atoms with van der Waals surface area (Å²) in [7, 11) is 0. The van der Waals surface area contributed by atoms with E-state index < -0.39 is 0 Å². The first-order chi connectivity index (χ1) is 16.1. The van der Waals surface area contributed by atoms with Gasteiger partial charge < -0.3 is 14.5 Å². The molecule has 0 fully saturated rings. The highest BCUT2D eigenvalue weighted by Gasteiger charge is 2.29. The molecule has 1 aromatic carbocycles. The summed E-state index contributed by atoms with van der Waals surface area (Å²) in [6.07, 6.45) is 2.76. The van der Waals surface area contributed by atoms with Crippen LogP contribution in [0.3, 0.4) is 0 Å². The lowest BCUT2D eigenvalue weighted by Crippen LogP contribution is -2.39. The Bertz CT molecular complexity index is 1440. The Labute approximate surface area is 189 Å².